The zero-order valence-electron chi connectivity index (χ0n) is 10.1. The first-order chi connectivity index (χ1) is 8.45. The molecule has 0 aliphatic heterocycles. The maximum absolute atomic E-state index is 12.2. The Morgan fingerprint density at radius 3 is 2.61 bits per heavy atom. The molecule has 1 aromatic rings. The number of aromatic nitrogens is 3. The molecule has 1 N–H and O–H groups in total. The predicted molar refractivity (Wildman–Crippen MR) is 68.3 cm³/mol. The van der Waals surface area contributed by atoms with Crippen LogP contribution in [0, 0.1) is 11.3 Å². The van der Waals surface area contributed by atoms with E-state index < -0.39 is 10.0 Å². The molecule has 3 rings (SSSR count). The molecule has 0 bridgehead atoms. The molecule has 0 radical (unpaired) electrons. The van der Waals surface area contributed by atoms with Crippen molar-refractivity contribution < 1.29 is 8.42 Å². The molecule has 0 amide bonds. The molecular weight excluding hydrogens is 320 g/mol. The van der Waals surface area contributed by atoms with E-state index in [-0.39, 0.29) is 15.0 Å². The van der Waals surface area contributed by atoms with Gasteiger partial charge in [0.2, 0.25) is 5.03 Å². The fourth-order valence-electron chi connectivity index (χ4n) is 2.50. The minimum Gasteiger partial charge on any atom is -0.235 e. The van der Waals surface area contributed by atoms with E-state index in [9.17, 15) is 8.42 Å². The van der Waals surface area contributed by atoms with Gasteiger partial charge in [0, 0.05) is 13.6 Å². The highest BCUT2D eigenvalue weighted by molar-refractivity contribution is 9.10. The van der Waals surface area contributed by atoms with Crippen LogP contribution in [0.25, 0.3) is 0 Å². The van der Waals surface area contributed by atoms with E-state index in [1.807, 2.05) is 0 Å². The van der Waals surface area contributed by atoms with Crippen molar-refractivity contribution >= 4 is 26.0 Å². The highest BCUT2D eigenvalue weighted by Gasteiger charge is 2.53. The van der Waals surface area contributed by atoms with Gasteiger partial charge in [-0.1, -0.05) is 5.21 Å². The second-order valence-corrected chi connectivity index (χ2v) is 7.70. The molecule has 2 aliphatic rings. The molecule has 2 aliphatic carbocycles. The molecule has 0 saturated heterocycles. The first kappa shape index (κ1) is 12.6. The second-order valence-electron chi connectivity index (χ2n) is 5.27. The lowest BCUT2D eigenvalue weighted by Crippen LogP contribution is -2.32. The first-order valence-corrected chi connectivity index (χ1v) is 8.27. The zero-order chi connectivity index (χ0) is 13.0. The van der Waals surface area contributed by atoms with Gasteiger partial charge in [0.15, 0.2) is 4.60 Å². The third kappa shape index (κ3) is 2.10. The summed E-state index contributed by atoms with van der Waals surface area (Å²) in [5, 5.41) is 7.48. The van der Waals surface area contributed by atoms with E-state index in [0.29, 0.717) is 6.54 Å². The van der Waals surface area contributed by atoms with E-state index in [0.717, 1.165) is 18.8 Å². The molecular formula is C10H15BrN4O2S. The van der Waals surface area contributed by atoms with Crippen LogP contribution in [0.15, 0.2) is 9.63 Å². The van der Waals surface area contributed by atoms with Gasteiger partial charge < -0.3 is 0 Å². The summed E-state index contributed by atoms with van der Waals surface area (Å²) in [7, 11) is -1.97. The number of rotatable bonds is 5. The largest absolute Gasteiger partial charge is 0.260 e. The summed E-state index contributed by atoms with van der Waals surface area (Å²) in [6.45, 7) is 0.539. The zero-order valence-corrected chi connectivity index (χ0v) is 12.5. The molecule has 0 atom stereocenters. The number of halogens is 1. The summed E-state index contributed by atoms with van der Waals surface area (Å²) in [6.07, 6.45) is 4.79. The summed E-state index contributed by atoms with van der Waals surface area (Å²) in [5.41, 5.74) is 0.242. The Balaban J connectivity index is 1.75. The van der Waals surface area contributed by atoms with Crippen molar-refractivity contribution in [1.82, 2.24) is 19.7 Å². The maximum atomic E-state index is 12.2. The summed E-state index contributed by atoms with van der Waals surface area (Å²) < 4.78 is 28.7. The Bertz CT molecular complexity index is 555. The van der Waals surface area contributed by atoms with Crippen molar-refractivity contribution in [3.63, 3.8) is 0 Å². The topological polar surface area (TPSA) is 76.9 Å². The minimum absolute atomic E-state index is 0.0918. The second kappa shape index (κ2) is 4.01. The van der Waals surface area contributed by atoms with Gasteiger partial charge in [0.25, 0.3) is 10.0 Å². The number of hydrogen-bond acceptors (Lipinski definition) is 4. The van der Waals surface area contributed by atoms with E-state index in [4.69, 9.17) is 0 Å². The molecule has 100 valence electrons. The van der Waals surface area contributed by atoms with Gasteiger partial charge in [-0.2, -0.15) is 0 Å². The monoisotopic (exact) mass is 334 g/mol. The molecule has 1 aromatic heterocycles. The summed E-state index contributed by atoms with van der Waals surface area (Å²) in [4.78, 5) is 0. The number of hydrogen-bond donors (Lipinski definition) is 1. The van der Waals surface area contributed by atoms with E-state index in [2.05, 4.69) is 31.0 Å². The van der Waals surface area contributed by atoms with Crippen molar-refractivity contribution in [3.05, 3.63) is 4.60 Å². The molecule has 0 spiro atoms. The third-order valence-electron chi connectivity index (χ3n) is 3.94. The number of nitrogens with one attached hydrogen (secondary N) is 1. The lowest BCUT2D eigenvalue weighted by molar-refractivity contribution is 0.430. The Kier molecular flexibility index (Phi) is 2.80. The normalized spacial score (nSPS) is 22.1. The van der Waals surface area contributed by atoms with Gasteiger partial charge in [-0.25, -0.2) is 17.8 Å². The van der Waals surface area contributed by atoms with Crippen molar-refractivity contribution in [3.8, 4) is 0 Å². The SMILES string of the molecule is Cn1nnc(Br)c1S(=O)(=O)NCC1(C2CC2)CC1. The first-order valence-electron chi connectivity index (χ1n) is 5.99. The van der Waals surface area contributed by atoms with Gasteiger partial charge >= 0.3 is 0 Å². The molecule has 2 fully saturated rings. The Morgan fingerprint density at radius 2 is 2.17 bits per heavy atom. The van der Waals surface area contributed by atoms with E-state index >= 15 is 0 Å². The minimum atomic E-state index is -3.54. The van der Waals surface area contributed by atoms with Crippen LogP contribution in [-0.2, 0) is 17.1 Å². The third-order valence-corrected chi connectivity index (χ3v) is 6.23. The van der Waals surface area contributed by atoms with Crippen LogP contribution >= 0.6 is 15.9 Å². The summed E-state index contributed by atoms with van der Waals surface area (Å²) >= 11 is 3.12. The van der Waals surface area contributed by atoms with Gasteiger partial charge in [-0.3, -0.25) is 0 Å². The van der Waals surface area contributed by atoms with Crippen LogP contribution in [0.3, 0.4) is 0 Å². The lowest BCUT2D eigenvalue weighted by atomic mass is 10.0. The van der Waals surface area contributed by atoms with E-state index in [1.54, 1.807) is 7.05 Å². The molecule has 0 aromatic carbocycles. The molecule has 8 heteroatoms. The van der Waals surface area contributed by atoms with E-state index in [1.165, 1.54) is 17.5 Å². The Morgan fingerprint density at radius 1 is 1.50 bits per heavy atom. The fourth-order valence-corrected chi connectivity index (χ4v) is 4.73. The van der Waals surface area contributed by atoms with Crippen molar-refractivity contribution in [1.29, 1.82) is 0 Å². The van der Waals surface area contributed by atoms with Crippen molar-refractivity contribution in [2.45, 2.75) is 30.7 Å². The standard InChI is InChI=1S/C10H15BrN4O2S/c1-15-9(8(11)13-14-15)18(16,17)12-6-10(4-5-10)7-2-3-7/h7,12H,2-6H2,1H3. The highest BCUT2D eigenvalue weighted by Crippen LogP contribution is 2.60. The van der Waals surface area contributed by atoms with Crippen LogP contribution in [-0.4, -0.2) is 30.0 Å². The van der Waals surface area contributed by atoms with Gasteiger partial charge in [-0.15, -0.1) is 5.10 Å². The molecule has 0 unspecified atom stereocenters. The summed E-state index contributed by atoms with van der Waals surface area (Å²) in [6, 6.07) is 0. The highest BCUT2D eigenvalue weighted by atomic mass is 79.9. The number of aryl methyl sites for hydroxylation is 1. The van der Waals surface area contributed by atoms with Gasteiger partial charge in [0.1, 0.15) is 0 Å². The average molecular weight is 335 g/mol. The van der Waals surface area contributed by atoms with Crippen molar-refractivity contribution in [2.75, 3.05) is 6.54 Å². The average Bonchev–Trinajstić information content (AvgIpc) is 3.16. The van der Waals surface area contributed by atoms with Crippen LogP contribution in [0.2, 0.25) is 0 Å². The molecule has 1 heterocycles. The smallest absolute Gasteiger partial charge is 0.235 e. The fraction of sp³-hybridized carbons (Fsp3) is 0.800. The Labute approximate surface area is 114 Å². The van der Waals surface area contributed by atoms with Crippen LogP contribution in [0.5, 0.6) is 0 Å². The van der Waals surface area contributed by atoms with Gasteiger partial charge in [0.05, 0.1) is 0 Å². The van der Waals surface area contributed by atoms with Crippen LogP contribution in [0.1, 0.15) is 25.7 Å². The maximum Gasteiger partial charge on any atom is 0.260 e. The quantitative estimate of drug-likeness (QED) is 0.872. The number of sulfonamides is 1. The number of nitrogens with zero attached hydrogens (tertiary/aromatic N) is 3. The van der Waals surface area contributed by atoms with Gasteiger partial charge in [-0.05, 0) is 52.9 Å². The summed E-state index contributed by atoms with van der Waals surface area (Å²) in [5.74, 6) is 0.730. The Hall–Kier alpha value is -0.470. The van der Waals surface area contributed by atoms with Crippen molar-refractivity contribution in [2.24, 2.45) is 18.4 Å². The predicted octanol–water partition coefficient (Wildman–Crippen LogP) is 1.05. The van der Waals surface area contributed by atoms with Crippen LogP contribution in [0.4, 0.5) is 0 Å². The molecule has 2 saturated carbocycles. The molecule has 18 heavy (non-hydrogen) atoms. The lowest BCUT2D eigenvalue weighted by Gasteiger charge is -2.15. The molecule has 6 nitrogen and oxygen atoms in total. The van der Waals surface area contributed by atoms with Crippen LogP contribution < -0.4 is 4.72 Å².